The van der Waals surface area contributed by atoms with Crippen LogP contribution in [0.3, 0.4) is 0 Å². The second kappa shape index (κ2) is 5.48. The summed E-state index contributed by atoms with van der Waals surface area (Å²) in [6, 6.07) is 0.229. The van der Waals surface area contributed by atoms with Crippen LogP contribution < -0.4 is 11.3 Å². The number of aromatic nitrogens is 1. The maximum atomic E-state index is 6.11. The summed E-state index contributed by atoms with van der Waals surface area (Å²) < 4.78 is 6.11. The van der Waals surface area contributed by atoms with Gasteiger partial charge in [-0.3, -0.25) is 11.3 Å². The summed E-state index contributed by atoms with van der Waals surface area (Å²) in [4.78, 5) is 5.62. The van der Waals surface area contributed by atoms with Crippen LogP contribution in [0.25, 0.3) is 0 Å². The van der Waals surface area contributed by atoms with E-state index in [0.29, 0.717) is 5.92 Å². The summed E-state index contributed by atoms with van der Waals surface area (Å²) >= 11 is 1.75. The van der Waals surface area contributed by atoms with Crippen LogP contribution in [0.1, 0.15) is 54.5 Å². The second-order valence-electron chi connectivity index (χ2n) is 5.92. The fourth-order valence-corrected chi connectivity index (χ4v) is 4.63. The highest BCUT2D eigenvalue weighted by Gasteiger charge is 2.42. The lowest BCUT2D eigenvalue weighted by atomic mass is 9.80. The lowest BCUT2D eigenvalue weighted by Gasteiger charge is -2.40. The predicted octanol–water partition coefficient (Wildman–Crippen LogP) is 2.70. The van der Waals surface area contributed by atoms with Gasteiger partial charge in [0.15, 0.2) is 0 Å². The number of hydrogen-bond donors (Lipinski definition) is 2. The van der Waals surface area contributed by atoms with E-state index in [0.717, 1.165) is 24.5 Å². The van der Waals surface area contributed by atoms with Gasteiger partial charge in [0.25, 0.3) is 0 Å². The Morgan fingerprint density at radius 2 is 2.32 bits per heavy atom. The van der Waals surface area contributed by atoms with E-state index in [9.17, 15) is 0 Å². The van der Waals surface area contributed by atoms with Gasteiger partial charge in [-0.25, -0.2) is 4.98 Å². The second-order valence-corrected chi connectivity index (χ2v) is 7.18. The molecule has 2 heterocycles. The molecule has 1 aliphatic carbocycles. The minimum absolute atomic E-state index is 0.151. The van der Waals surface area contributed by atoms with Gasteiger partial charge in [-0.2, -0.15) is 0 Å². The number of nitrogens with two attached hydrogens (primary N) is 1. The zero-order valence-electron chi connectivity index (χ0n) is 11.5. The SMILES string of the molecule is Cc1ncc(C(NN)C2CCOC3(CCCC3)C2)s1. The van der Waals surface area contributed by atoms with Crippen molar-refractivity contribution >= 4 is 11.3 Å². The molecule has 3 N–H and O–H groups in total. The summed E-state index contributed by atoms with van der Waals surface area (Å²) in [6.07, 6.45) is 9.28. The summed E-state index contributed by atoms with van der Waals surface area (Å²) in [5, 5.41) is 1.11. The number of ether oxygens (including phenoxy) is 1. The summed E-state index contributed by atoms with van der Waals surface area (Å²) in [6.45, 7) is 2.92. The molecule has 1 spiro atoms. The topological polar surface area (TPSA) is 60.2 Å². The summed E-state index contributed by atoms with van der Waals surface area (Å²) in [5.41, 5.74) is 3.17. The first-order valence-corrected chi connectivity index (χ1v) is 8.06. The van der Waals surface area contributed by atoms with E-state index < -0.39 is 0 Å². The zero-order valence-corrected chi connectivity index (χ0v) is 12.3. The van der Waals surface area contributed by atoms with Gasteiger partial charge >= 0.3 is 0 Å². The third kappa shape index (κ3) is 2.70. The maximum absolute atomic E-state index is 6.11. The van der Waals surface area contributed by atoms with Crippen molar-refractivity contribution in [2.24, 2.45) is 11.8 Å². The lowest BCUT2D eigenvalue weighted by Crippen LogP contribution is -2.43. The Balaban J connectivity index is 1.76. The monoisotopic (exact) mass is 281 g/mol. The van der Waals surface area contributed by atoms with E-state index in [4.69, 9.17) is 10.6 Å². The van der Waals surface area contributed by atoms with Gasteiger partial charge in [-0.15, -0.1) is 11.3 Å². The molecule has 1 aromatic heterocycles. The molecule has 2 atom stereocenters. The Bertz CT molecular complexity index is 428. The molecule has 0 aromatic carbocycles. The van der Waals surface area contributed by atoms with Crippen molar-refractivity contribution in [3.05, 3.63) is 16.1 Å². The average Bonchev–Trinajstić information content (AvgIpc) is 3.01. The Hall–Kier alpha value is -0.490. The minimum Gasteiger partial charge on any atom is -0.375 e. The molecule has 0 radical (unpaired) electrons. The van der Waals surface area contributed by atoms with E-state index in [1.165, 1.54) is 30.6 Å². The molecule has 5 heteroatoms. The average molecular weight is 281 g/mol. The van der Waals surface area contributed by atoms with Gasteiger partial charge in [0.1, 0.15) is 0 Å². The van der Waals surface area contributed by atoms with Crippen LogP contribution in [0.4, 0.5) is 0 Å². The van der Waals surface area contributed by atoms with E-state index in [-0.39, 0.29) is 11.6 Å². The molecule has 1 aromatic rings. The molecule has 19 heavy (non-hydrogen) atoms. The molecule has 1 saturated carbocycles. The molecule has 4 nitrogen and oxygen atoms in total. The van der Waals surface area contributed by atoms with Crippen LogP contribution in [0.2, 0.25) is 0 Å². The number of rotatable bonds is 3. The zero-order chi connectivity index (χ0) is 13.3. The quantitative estimate of drug-likeness (QED) is 0.660. The highest BCUT2D eigenvalue weighted by Crippen LogP contribution is 2.45. The molecular formula is C14H23N3OS. The molecule has 0 amide bonds. The van der Waals surface area contributed by atoms with Crippen molar-refractivity contribution in [1.82, 2.24) is 10.4 Å². The largest absolute Gasteiger partial charge is 0.375 e. The van der Waals surface area contributed by atoms with Crippen molar-refractivity contribution in [2.45, 2.75) is 57.1 Å². The minimum atomic E-state index is 0.151. The van der Waals surface area contributed by atoms with Crippen molar-refractivity contribution in [3.8, 4) is 0 Å². The molecule has 1 saturated heterocycles. The number of aryl methyl sites for hydroxylation is 1. The first kappa shape index (κ1) is 13.5. The third-order valence-corrected chi connectivity index (χ3v) is 5.64. The Labute approximate surface area is 118 Å². The molecule has 106 valence electrons. The number of nitrogens with zero attached hydrogens (tertiary/aromatic N) is 1. The van der Waals surface area contributed by atoms with Gasteiger partial charge in [-0.1, -0.05) is 12.8 Å². The first-order valence-electron chi connectivity index (χ1n) is 7.25. The Kier molecular flexibility index (Phi) is 3.89. The predicted molar refractivity (Wildman–Crippen MR) is 76.8 cm³/mol. The van der Waals surface area contributed by atoms with E-state index in [2.05, 4.69) is 10.4 Å². The van der Waals surface area contributed by atoms with Crippen LogP contribution >= 0.6 is 11.3 Å². The number of nitrogens with one attached hydrogen (secondary N) is 1. The third-order valence-electron chi connectivity index (χ3n) is 4.64. The Morgan fingerprint density at radius 3 is 2.95 bits per heavy atom. The van der Waals surface area contributed by atoms with Gasteiger partial charge in [0.2, 0.25) is 0 Å². The van der Waals surface area contributed by atoms with Crippen LogP contribution in [0.5, 0.6) is 0 Å². The highest BCUT2D eigenvalue weighted by molar-refractivity contribution is 7.11. The lowest BCUT2D eigenvalue weighted by molar-refractivity contribution is -0.0980. The molecular weight excluding hydrogens is 258 g/mol. The summed E-state index contributed by atoms with van der Waals surface area (Å²) in [5.74, 6) is 6.39. The van der Waals surface area contributed by atoms with Gasteiger partial charge in [0, 0.05) is 17.7 Å². The van der Waals surface area contributed by atoms with Crippen LogP contribution in [-0.4, -0.2) is 17.2 Å². The van der Waals surface area contributed by atoms with Gasteiger partial charge in [0.05, 0.1) is 16.7 Å². The number of thiazole rings is 1. The van der Waals surface area contributed by atoms with Crippen LogP contribution in [-0.2, 0) is 4.74 Å². The highest BCUT2D eigenvalue weighted by atomic mass is 32.1. The van der Waals surface area contributed by atoms with Crippen molar-refractivity contribution in [2.75, 3.05) is 6.61 Å². The van der Waals surface area contributed by atoms with Crippen LogP contribution in [0, 0.1) is 12.8 Å². The van der Waals surface area contributed by atoms with Gasteiger partial charge < -0.3 is 4.74 Å². The first-order chi connectivity index (χ1) is 9.22. The van der Waals surface area contributed by atoms with Crippen molar-refractivity contribution < 1.29 is 4.74 Å². The molecule has 2 aliphatic rings. The fraction of sp³-hybridized carbons (Fsp3) is 0.786. The fourth-order valence-electron chi connectivity index (χ4n) is 3.69. The molecule has 2 unspecified atom stereocenters. The molecule has 2 fully saturated rings. The number of hydrazine groups is 1. The van der Waals surface area contributed by atoms with Crippen molar-refractivity contribution in [3.63, 3.8) is 0 Å². The standard InChI is InChI=1S/C14H23N3OS/c1-10-16-9-12(19-10)13(17-15)11-4-7-18-14(8-11)5-2-3-6-14/h9,11,13,17H,2-8,15H2,1H3. The van der Waals surface area contributed by atoms with E-state index >= 15 is 0 Å². The number of hydrogen-bond acceptors (Lipinski definition) is 5. The summed E-state index contributed by atoms with van der Waals surface area (Å²) in [7, 11) is 0. The Morgan fingerprint density at radius 1 is 1.53 bits per heavy atom. The van der Waals surface area contributed by atoms with Gasteiger partial charge in [-0.05, 0) is 38.5 Å². The van der Waals surface area contributed by atoms with E-state index in [1.54, 1.807) is 11.3 Å². The van der Waals surface area contributed by atoms with Crippen LogP contribution in [0.15, 0.2) is 6.20 Å². The van der Waals surface area contributed by atoms with E-state index in [1.807, 2.05) is 13.1 Å². The molecule has 0 bridgehead atoms. The molecule has 1 aliphatic heterocycles. The normalized spacial score (nSPS) is 27.8. The molecule has 3 rings (SSSR count). The smallest absolute Gasteiger partial charge is 0.0897 e. The maximum Gasteiger partial charge on any atom is 0.0897 e. The van der Waals surface area contributed by atoms with Crippen molar-refractivity contribution in [1.29, 1.82) is 0 Å².